The second kappa shape index (κ2) is 5.46. The molecule has 0 amide bonds. The summed E-state index contributed by atoms with van der Waals surface area (Å²) >= 11 is 6.85. The van der Waals surface area contributed by atoms with Gasteiger partial charge in [-0.3, -0.25) is 4.79 Å². The van der Waals surface area contributed by atoms with Gasteiger partial charge in [0.25, 0.3) is 0 Å². The van der Waals surface area contributed by atoms with Gasteiger partial charge in [0.05, 0.1) is 12.2 Å². The average Bonchev–Trinajstić information content (AvgIpc) is 2.89. The molecule has 0 aliphatic carbocycles. The summed E-state index contributed by atoms with van der Waals surface area (Å²) in [5.41, 5.74) is 9.58. The summed E-state index contributed by atoms with van der Waals surface area (Å²) in [7, 11) is 0. The van der Waals surface area contributed by atoms with E-state index in [1.807, 2.05) is 19.1 Å². The first-order valence-electron chi connectivity index (χ1n) is 6.53. The molecule has 1 aliphatic heterocycles. The molecule has 0 atom stereocenters. The van der Waals surface area contributed by atoms with Gasteiger partial charge in [0.1, 0.15) is 5.75 Å². The van der Waals surface area contributed by atoms with E-state index in [0.717, 1.165) is 26.5 Å². The maximum atomic E-state index is 12.9. The Labute approximate surface area is 139 Å². The lowest BCUT2D eigenvalue weighted by Crippen LogP contribution is -2.08. The molecule has 1 aliphatic rings. The maximum absolute atomic E-state index is 12.9. The zero-order valence-corrected chi connectivity index (χ0v) is 14.5. The minimum absolute atomic E-state index is 0.0695. The van der Waals surface area contributed by atoms with E-state index in [0.29, 0.717) is 29.2 Å². The van der Waals surface area contributed by atoms with E-state index in [1.54, 1.807) is 12.1 Å². The molecule has 5 heteroatoms. The Kier molecular flexibility index (Phi) is 3.80. The van der Waals surface area contributed by atoms with Crippen LogP contribution in [-0.2, 0) is 6.42 Å². The smallest absolute Gasteiger partial charge is 0.197 e. The minimum Gasteiger partial charge on any atom is -0.492 e. The molecule has 3 nitrogen and oxygen atoms in total. The summed E-state index contributed by atoms with van der Waals surface area (Å²) in [5.74, 6) is 0.626. The molecule has 0 aromatic heterocycles. The van der Waals surface area contributed by atoms with Crippen LogP contribution >= 0.6 is 31.9 Å². The monoisotopic (exact) mass is 409 g/mol. The topological polar surface area (TPSA) is 52.3 Å². The van der Waals surface area contributed by atoms with Gasteiger partial charge in [0.15, 0.2) is 5.78 Å². The van der Waals surface area contributed by atoms with Crippen molar-refractivity contribution >= 4 is 43.3 Å². The van der Waals surface area contributed by atoms with Crippen LogP contribution in [0.5, 0.6) is 5.75 Å². The fourth-order valence-electron chi connectivity index (χ4n) is 2.52. The van der Waals surface area contributed by atoms with Crippen molar-refractivity contribution in [1.82, 2.24) is 0 Å². The number of ketones is 1. The second-order valence-corrected chi connectivity index (χ2v) is 6.87. The van der Waals surface area contributed by atoms with E-state index < -0.39 is 0 Å². The molecule has 21 heavy (non-hydrogen) atoms. The number of carbonyl (C=O) groups is 1. The van der Waals surface area contributed by atoms with Crippen molar-refractivity contribution in [3.05, 3.63) is 55.5 Å². The predicted octanol–water partition coefficient (Wildman–Crippen LogP) is 4.27. The molecule has 3 rings (SSSR count). The molecule has 108 valence electrons. The third-order valence-corrected chi connectivity index (χ3v) is 4.57. The van der Waals surface area contributed by atoms with Crippen molar-refractivity contribution in [2.75, 3.05) is 12.3 Å². The van der Waals surface area contributed by atoms with Crippen molar-refractivity contribution in [2.45, 2.75) is 13.3 Å². The molecule has 0 fully saturated rings. The highest BCUT2D eigenvalue weighted by atomic mass is 79.9. The van der Waals surface area contributed by atoms with Gasteiger partial charge in [-0.15, -0.1) is 0 Å². The van der Waals surface area contributed by atoms with E-state index in [4.69, 9.17) is 10.5 Å². The molecule has 2 aromatic carbocycles. The van der Waals surface area contributed by atoms with E-state index >= 15 is 0 Å². The maximum Gasteiger partial charge on any atom is 0.197 e. The summed E-state index contributed by atoms with van der Waals surface area (Å²) in [4.78, 5) is 12.9. The first-order valence-corrected chi connectivity index (χ1v) is 8.11. The number of carbonyl (C=O) groups excluding carboxylic acids is 1. The Morgan fingerprint density at radius 2 is 1.81 bits per heavy atom. The molecule has 0 radical (unpaired) electrons. The predicted molar refractivity (Wildman–Crippen MR) is 90.1 cm³/mol. The van der Waals surface area contributed by atoms with Gasteiger partial charge in [-0.2, -0.15) is 0 Å². The van der Waals surface area contributed by atoms with Gasteiger partial charge in [-0.25, -0.2) is 0 Å². The van der Waals surface area contributed by atoms with Crippen LogP contribution < -0.4 is 10.5 Å². The van der Waals surface area contributed by atoms with Crippen molar-refractivity contribution in [3.8, 4) is 5.75 Å². The quantitative estimate of drug-likeness (QED) is 0.594. The van der Waals surface area contributed by atoms with Crippen LogP contribution in [0.3, 0.4) is 0 Å². The molecule has 1 heterocycles. The molecular weight excluding hydrogens is 398 g/mol. The van der Waals surface area contributed by atoms with Gasteiger partial charge in [0, 0.05) is 26.6 Å². The van der Waals surface area contributed by atoms with Crippen molar-refractivity contribution in [1.29, 1.82) is 0 Å². The largest absolute Gasteiger partial charge is 0.492 e. The number of nitrogens with two attached hydrogens (primary N) is 1. The second-order valence-electron chi connectivity index (χ2n) is 5.04. The lowest BCUT2D eigenvalue weighted by atomic mass is 9.96. The lowest BCUT2D eigenvalue weighted by Gasteiger charge is -2.12. The molecule has 0 saturated heterocycles. The zero-order valence-electron chi connectivity index (χ0n) is 11.4. The highest BCUT2D eigenvalue weighted by molar-refractivity contribution is 9.10. The average molecular weight is 411 g/mol. The molecule has 2 aromatic rings. The summed E-state index contributed by atoms with van der Waals surface area (Å²) in [5, 5.41) is 0. The molecule has 0 spiro atoms. The summed E-state index contributed by atoms with van der Waals surface area (Å²) in [6.07, 6.45) is 0.828. The number of fused-ring (bicyclic) bond motifs is 1. The fraction of sp³-hybridized carbons (Fsp3) is 0.188. The number of ether oxygens (including phenoxy) is 1. The third kappa shape index (κ3) is 2.60. The van der Waals surface area contributed by atoms with E-state index in [1.165, 1.54) is 0 Å². The van der Waals surface area contributed by atoms with Crippen molar-refractivity contribution in [3.63, 3.8) is 0 Å². The van der Waals surface area contributed by atoms with Gasteiger partial charge in [0.2, 0.25) is 0 Å². The molecule has 2 N–H and O–H groups in total. The van der Waals surface area contributed by atoms with E-state index in [2.05, 4.69) is 31.9 Å². The zero-order chi connectivity index (χ0) is 15.1. The van der Waals surface area contributed by atoms with Crippen LogP contribution in [0.15, 0.2) is 33.2 Å². The van der Waals surface area contributed by atoms with Gasteiger partial charge >= 0.3 is 0 Å². The standard InChI is InChI=1S/C16H13Br2NO2/c1-8-12(5-11(18)7-14(8)19)15(20)13-6-10(17)4-9-2-3-21-16(9)13/h4-7H,2-3,19H2,1H3. The third-order valence-electron chi connectivity index (χ3n) is 3.65. The Balaban J connectivity index is 2.16. The highest BCUT2D eigenvalue weighted by Crippen LogP contribution is 2.35. The van der Waals surface area contributed by atoms with Crippen LogP contribution in [-0.4, -0.2) is 12.4 Å². The number of anilines is 1. The highest BCUT2D eigenvalue weighted by Gasteiger charge is 2.24. The first-order chi connectivity index (χ1) is 9.97. The van der Waals surface area contributed by atoms with Crippen LogP contribution in [0.25, 0.3) is 0 Å². The number of benzene rings is 2. The van der Waals surface area contributed by atoms with Crippen LogP contribution in [0, 0.1) is 6.92 Å². The Hall–Kier alpha value is -1.33. The van der Waals surface area contributed by atoms with E-state index in [-0.39, 0.29) is 5.78 Å². The molecular formula is C16H13Br2NO2. The number of hydrogen-bond donors (Lipinski definition) is 1. The SMILES string of the molecule is Cc1c(N)cc(Br)cc1C(=O)c1cc(Br)cc2c1OCC2. The van der Waals surface area contributed by atoms with Crippen molar-refractivity contribution < 1.29 is 9.53 Å². The minimum atomic E-state index is -0.0695. The number of rotatable bonds is 2. The van der Waals surface area contributed by atoms with Gasteiger partial charge in [-0.1, -0.05) is 31.9 Å². The van der Waals surface area contributed by atoms with E-state index in [9.17, 15) is 4.79 Å². The van der Waals surface area contributed by atoms with Crippen LogP contribution in [0.4, 0.5) is 5.69 Å². The van der Waals surface area contributed by atoms with Gasteiger partial charge in [-0.05, 0) is 42.3 Å². The summed E-state index contributed by atoms with van der Waals surface area (Å²) < 4.78 is 7.32. The molecule has 0 unspecified atom stereocenters. The summed E-state index contributed by atoms with van der Waals surface area (Å²) in [6, 6.07) is 7.41. The normalized spacial score (nSPS) is 12.9. The molecule has 0 saturated carbocycles. The van der Waals surface area contributed by atoms with Gasteiger partial charge < -0.3 is 10.5 Å². The van der Waals surface area contributed by atoms with Crippen LogP contribution in [0.1, 0.15) is 27.0 Å². The number of hydrogen-bond acceptors (Lipinski definition) is 3. The molecule has 0 bridgehead atoms. The Morgan fingerprint density at radius 1 is 1.14 bits per heavy atom. The van der Waals surface area contributed by atoms with Crippen LogP contribution in [0.2, 0.25) is 0 Å². The van der Waals surface area contributed by atoms with Crippen molar-refractivity contribution in [2.24, 2.45) is 0 Å². The Bertz CT molecular complexity index is 756. The number of halogens is 2. The first kappa shape index (κ1) is 14.6. The fourth-order valence-corrected chi connectivity index (χ4v) is 3.50. The summed E-state index contributed by atoms with van der Waals surface area (Å²) in [6.45, 7) is 2.47. The lowest BCUT2D eigenvalue weighted by molar-refractivity contribution is 0.103. The number of nitrogen functional groups attached to an aromatic ring is 1. The Morgan fingerprint density at radius 3 is 2.57 bits per heavy atom.